The number of ketones is 1. The van der Waals surface area contributed by atoms with Crippen LogP contribution in [0.5, 0.6) is 0 Å². The molecule has 0 bridgehead atoms. The average molecular weight is 322 g/mol. The quantitative estimate of drug-likeness (QED) is 0.670. The summed E-state index contributed by atoms with van der Waals surface area (Å²) in [5, 5.41) is 0. The van der Waals surface area contributed by atoms with Crippen LogP contribution in [0.1, 0.15) is 27.0 Å². The molecule has 0 unspecified atom stereocenters. The number of nitrogen functional groups attached to an aromatic ring is 1. The van der Waals surface area contributed by atoms with E-state index in [2.05, 4.69) is 15.9 Å². The Morgan fingerprint density at radius 3 is 2.21 bits per heavy atom. The van der Waals surface area contributed by atoms with Gasteiger partial charge in [-0.05, 0) is 71.2 Å². The van der Waals surface area contributed by atoms with Crippen LogP contribution in [-0.2, 0) is 0 Å². The van der Waals surface area contributed by atoms with Crippen molar-refractivity contribution in [2.75, 3.05) is 5.73 Å². The zero-order valence-corrected chi connectivity index (χ0v) is 12.2. The third kappa shape index (κ3) is 2.68. The topological polar surface area (TPSA) is 43.1 Å². The van der Waals surface area contributed by atoms with E-state index in [1.54, 1.807) is 44.2 Å². The largest absolute Gasteiger partial charge is 0.398 e. The summed E-state index contributed by atoms with van der Waals surface area (Å²) in [5.41, 5.74) is 8.16. The number of benzene rings is 2. The first-order valence-corrected chi connectivity index (χ1v) is 6.56. The molecule has 2 N–H and O–H groups in total. The molecular weight excluding hydrogens is 309 g/mol. The van der Waals surface area contributed by atoms with Crippen molar-refractivity contribution in [1.29, 1.82) is 0 Å². The summed E-state index contributed by atoms with van der Waals surface area (Å²) in [5.74, 6) is -0.433. The van der Waals surface area contributed by atoms with Crippen molar-refractivity contribution in [1.82, 2.24) is 0 Å². The van der Waals surface area contributed by atoms with E-state index in [4.69, 9.17) is 5.73 Å². The van der Waals surface area contributed by atoms with Gasteiger partial charge in [0.2, 0.25) is 0 Å². The predicted molar refractivity (Wildman–Crippen MR) is 77.9 cm³/mol. The lowest BCUT2D eigenvalue weighted by atomic mass is 9.99. The number of hydrogen-bond acceptors (Lipinski definition) is 2. The average Bonchev–Trinajstić information content (AvgIpc) is 2.37. The summed E-state index contributed by atoms with van der Waals surface area (Å²) in [4.78, 5) is 12.3. The first-order valence-electron chi connectivity index (χ1n) is 5.76. The van der Waals surface area contributed by atoms with E-state index in [0.29, 0.717) is 27.9 Å². The second-order valence-corrected chi connectivity index (χ2v) is 5.34. The molecule has 2 nitrogen and oxygen atoms in total. The number of carbonyl (C=O) groups is 1. The van der Waals surface area contributed by atoms with Gasteiger partial charge in [0, 0.05) is 21.3 Å². The van der Waals surface area contributed by atoms with E-state index in [0.717, 1.165) is 4.47 Å². The highest BCUT2D eigenvalue weighted by Crippen LogP contribution is 2.23. The van der Waals surface area contributed by atoms with Crippen LogP contribution < -0.4 is 5.73 Å². The zero-order chi connectivity index (χ0) is 14.2. The van der Waals surface area contributed by atoms with E-state index in [1.165, 1.54) is 0 Å². The standard InChI is InChI=1S/C15H13BrFNO/c1-8-5-11(6-9(2)14(8)17)15(19)10-3-4-12(16)13(18)7-10/h3-7H,18H2,1-2H3. The first-order chi connectivity index (χ1) is 8.90. The Kier molecular flexibility index (Phi) is 3.71. The second kappa shape index (κ2) is 5.13. The Bertz CT molecular complexity index is 644. The van der Waals surface area contributed by atoms with Crippen molar-refractivity contribution in [3.8, 4) is 0 Å². The Labute approximate surface area is 119 Å². The van der Waals surface area contributed by atoms with E-state index in [9.17, 15) is 9.18 Å². The van der Waals surface area contributed by atoms with Crippen LogP contribution in [0.2, 0.25) is 0 Å². The predicted octanol–water partition coefficient (Wildman–Crippen LogP) is 4.02. The van der Waals surface area contributed by atoms with Crippen molar-refractivity contribution >= 4 is 27.4 Å². The highest BCUT2D eigenvalue weighted by atomic mass is 79.9. The van der Waals surface area contributed by atoms with E-state index >= 15 is 0 Å². The third-order valence-electron chi connectivity index (χ3n) is 2.96. The summed E-state index contributed by atoms with van der Waals surface area (Å²) in [6, 6.07) is 8.15. The minimum absolute atomic E-state index is 0.162. The summed E-state index contributed by atoms with van der Waals surface area (Å²) >= 11 is 3.28. The van der Waals surface area contributed by atoms with Gasteiger partial charge in [-0.1, -0.05) is 0 Å². The molecule has 2 aromatic carbocycles. The molecule has 0 atom stereocenters. The van der Waals surface area contributed by atoms with Crippen molar-refractivity contribution in [3.05, 3.63) is 62.9 Å². The molecule has 0 aliphatic carbocycles. The number of nitrogens with two attached hydrogens (primary N) is 1. The van der Waals surface area contributed by atoms with Crippen molar-refractivity contribution in [2.45, 2.75) is 13.8 Å². The molecule has 0 amide bonds. The Morgan fingerprint density at radius 2 is 1.68 bits per heavy atom. The molecule has 2 aromatic rings. The van der Waals surface area contributed by atoms with Crippen molar-refractivity contribution in [2.24, 2.45) is 0 Å². The molecule has 2 rings (SSSR count). The molecule has 0 fully saturated rings. The first kappa shape index (κ1) is 13.7. The minimum Gasteiger partial charge on any atom is -0.398 e. The lowest BCUT2D eigenvalue weighted by Gasteiger charge is -2.07. The Morgan fingerprint density at radius 1 is 1.11 bits per heavy atom. The fourth-order valence-electron chi connectivity index (χ4n) is 1.93. The maximum Gasteiger partial charge on any atom is 0.193 e. The van der Waals surface area contributed by atoms with Crippen LogP contribution in [-0.4, -0.2) is 5.78 Å². The Balaban J connectivity index is 2.47. The van der Waals surface area contributed by atoms with Gasteiger partial charge in [0.1, 0.15) is 5.82 Å². The Hall–Kier alpha value is -1.68. The third-order valence-corrected chi connectivity index (χ3v) is 3.68. The number of carbonyl (C=O) groups excluding carboxylic acids is 1. The van der Waals surface area contributed by atoms with Gasteiger partial charge < -0.3 is 5.73 Å². The highest BCUT2D eigenvalue weighted by molar-refractivity contribution is 9.10. The van der Waals surface area contributed by atoms with Gasteiger partial charge in [0.15, 0.2) is 5.78 Å². The molecule has 98 valence electrons. The van der Waals surface area contributed by atoms with Crippen LogP contribution in [0.25, 0.3) is 0 Å². The number of anilines is 1. The van der Waals surface area contributed by atoms with Crippen LogP contribution in [0.3, 0.4) is 0 Å². The molecule has 0 aliphatic heterocycles. The van der Waals surface area contributed by atoms with Crippen LogP contribution in [0, 0.1) is 19.7 Å². The fourth-order valence-corrected chi connectivity index (χ4v) is 2.18. The summed E-state index contributed by atoms with van der Waals surface area (Å²) in [7, 11) is 0. The van der Waals surface area contributed by atoms with Gasteiger partial charge in [0.25, 0.3) is 0 Å². The summed E-state index contributed by atoms with van der Waals surface area (Å²) < 4.78 is 14.3. The van der Waals surface area contributed by atoms with Crippen LogP contribution in [0.4, 0.5) is 10.1 Å². The zero-order valence-electron chi connectivity index (χ0n) is 10.6. The lowest BCUT2D eigenvalue weighted by molar-refractivity contribution is 0.103. The van der Waals surface area contributed by atoms with Gasteiger partial charge >= 0.3 is 0 Å². The van der Waals surface area contributed by atoms with Crippen LogP contribution >= 0.6 is 15.9 Å². The van der Waals surface area contributed by atoms with Gasteiger partial charge in [-0.3, -0.25) is 4.79 Å². The lowest BCUT2D eigenvalue weighted by Crippen LogP contribution is -2.04. The molecule has 0 aromatic heterocycles. The molecule has 0 aliphatic rings. The molecule has 19 heavy (non-hydrogen) atoms. The molecular formula is C15H13BrFNO. The summed E-state index contributed by atoms with van der Waals surface area (Å²) in [6.07, 6.45) is 0. The van der Waals surface area contributed by atoms with E-state index < -0.39 is 0 Å². The second-order valence-electron chi connectivity index (χ2n) is 4.49. The number of halogens is 2. The molecule has 0 heterocycles. The van der Waals surface area contributed by atoms with Gasteiger partial charge in [-0.25, -0.2) is 4.39 Å². The SMILES string of the molecule is Cc1cc(C(=O)c2ccc(Br)c(N)c2)cc(C)c1F. The number of hydrogen-bond donors (Lipinski definition) is 1. The monoisotopic (exact) mass is 321 g/mol. The smallest absolute Gasteiger partial charge is 0.193 e. The van der Waals surface area contributed by atoms with Crippen molar-refractivity contribution in [3.63, 3.8) is 0 Å². The number of rotatable bonds is 2. The summed E-state index contributed by atoms with van der Waals surface area (Å²) in [6.45, 7) is 3.30. The van der Waals surface area contributed by atoms with Crippen molar-refractivity contribution < 1.29 is 9.18 Å². The normalized spacial score (nSPS) is 10.5. The maximum atomic E-state index is 13.6. The van der Waals surface area contributed by atoms with E-state index in [1.807, 2.05) is 0 Å². The fraction of sp³-hybridized carbons (Fsp3) is 0.133. The highest BCUT2D eigenvalue weighted by Gasteiger charge is 2.13. The molecule has 0 saturated heterocycles. The van der Waals surface area contributed by atoms with E-state index in [-0.39, 0.29) is 11.6 Å². The number of aryl methyl sites for hydroxylation is 2. The molecule has 0 saturated carbocycles. The molecule has 0 spiro atoms. The molecule has 4 heteroatoms. The van der Waals surface area contributed by atoms with Gasteiger partial charge in [-0.15, -0.1) is 0 Å². The van der Waals surface area contributed by atoms with Gasteiger partial charge in [-0.2, -0.15) is 0 Å². The molecule has 0 radical (unpaired) electrons. The minimum atomic E-state index is -0.271. The van der Waals surface area contributed by atoms with Gasteiger partial charge in [0.05, 0.1) is 0 Å². The van der Waals surface area contributed by atoms with Crippen LogP contribution in [0.15, 0.2) is 34.8 Å². The maximum absolute atomic E-state index is 13.6.